The fourth-order valence-electron chi connectivity index (χ4n) is 3.67. The van der Waals surface area contributed by atoms with Crippen LogP contribution in [0.4, 0.5) is 27.5 Å². The van der Waals surface area contributed by atoms with Gasteiger partial charge in [-0.15, -0.1) is 0 Å². The first kappa shape index (κ1) is 22.8. The lowest BCUT2D eigenvalue weighted by Crippen LogP contribution is -2.30. The minimum Gasteiger partial charge on any atom is -0.494 e. The molecule has 0 aliphatic carbocycles. The number of rotatable bonds is 7. The van der Waals surface area contributed by atoms with Gasteiger partial charge in [0.25, 0.3) is 10.0 Å². The van der Waals surface area contributed by atoms with Crippen molar-refractivity contribution >= 4 is 33.2 Å². The van der Waals surface area contributed by atoms with Crippen molar-refractivity contribution in [1.82, 2.24) is 9.97 Å². The van der Waals surface area contributed by atoms with E-state index in [4.69, 9.17) is 4.74 Å². The van der Waals surface area contributed by atoms with Crippen LogP contribution < -0.4 is 19.7 Å². The second-order valence-corrected chi connectivity index (χ2v) is 9.53. The van der Waals surface area contributed by atoms with Crippen molar-refractivity contribution in [2.75, 3.05) is 35.1 Å². The van der Waals surface area contributed by atoms with Gasteiger partial charge in [0.1, 0.15) is 5.82 Å². The normalized spacial score (nSPS) is 14.1. The Morgan fingerprint density at radius 3 is 2.33 bits per heavy atom. The number of nitrogens with zero attached hydrogens (tertiary/aromatic N) is 3. The zero-order valence-corrected chi connectivity index (χ0v) is 19.3. The molecule has 1 fully saturated rings. The molecule has 3 aromatic rings. The highest BCUT2D eigenvalue weighted by Gasteiger charge is 2.17. The summed E-state index contributed by atoms with van der Waals surface area (Å²) in [5.41, 5.74) is 1.92. The first-order valence-electron chi connectivity index (χ1n) is 10.7. The molecule has 8 nitrogen and oxygen atoms in total. The topological polar surface area (TPSA) is 96.5 Å². The summed E-state index contributed by atoms with van der Waals surface area (Å²) in [7, 11) is -2.64. The van der Waals surface area contributed by atoms with E-state index in [2.05, 4.69) is 24.9 Å². The van der Waals surface area contributed by atoms with Gasteiger partial charge < -0.3 is 15.0 Å². The third-order valence-corrected chi connectivity index (χ3v) is 6.73. The van der Waals surface area contributed by atoms with E-state index in [1.807, 2.05) is 13.0 Å². The highest BCUT2D eigenvalue weighted by atomic mass is 32.2. The molecule has 0 radical (unpaired) electrons. The maximum Gasteiger partial charge on any atom is 0.262 e. The van der Waals surface area contributed by atoms with Crippen molar-refractivity contribution in [2.24, 2.45) is 0 Å². The van der Waals surface area contributed by atoms with E-state index in [9.17, 15) is 12.8 Å². The standard InChI is InChI=1S/C23H26FN5O3S/c1-16-14-22(29-12-4-3-5-13-29)27-23(25-16)26-17-6-8-18(9-7-17)28-33(30,31)19-10-11-21(32-2)20(24)15-19/h6-11,14-15,28H,3-5,12-13H2,1-2H3,(H,25,26,27). The van der Waals surface area contributed by atoms with E-state index in [1.54, 1.807) is 24.3 Å². The van der Waals surface area contributed by atoms with E-state index in [1.165, 1.54) is 25.7 Å². The van der Waals surface area contributed by atoms with Gasteiger partial charge in [-0.1, -0.05) is 0 Å². The first-order valence-corrected chi connectivity index (χ1v) is 12.2. The molecule has 1 aliphatic heterocycles. The molecular weight excluding hydrogens is 445 g/mol. The minimum atomic E-state index is -3.95. The summed E-state index contributed by atoms with van der Waals surface area (Å²) in [5.74, 6) is 0.617. The first-order chi connectivity index (χ1) is 15.8. The highest BCUT2D eigenvalue weighted by molar-refractivity contribution is 7.92. The third kappa shape index (κ3) is 5.51. The highest BCUT2D eigenvalue weighted by Crippen LogP contribution is 2.25. The Labute approximate surface area is 192 Å². The third-order valence-electron chi connectivity index (χ3n) is 5.35. The zero-order valence-electron chi connectivity index (χ0n) is 18.5. The largest absolute Gasteiger partial charge is 0.494 e. The number of anilines is 4. The van der Waals surface area contributed by atoms with Crippen LogP contribution in [0.2, 0.25) is 0 Å². The van der Waals surface area contributed by atoms with E-state index in [0.29, 0.717) is 17.3 Å². The molecule has 2 heterocycles. The van der Waals surface area contributed by atoms with Crippen LogP contribution in [0.15, 0.2) is 53.4 Å². The maximum absolute atomic E-state index is 13.9. The maximum atomic E-state index is 13.9. The summed E-state index contributed by atoms with van der Waals surface area (Å²) >= 11 is 0. The molecule has 1 saturated heterocycles. The molecule has 0 spiro atoms. The number of nitrogens with one attached hydrogen (secondary N) is 2. The molecule has 0 bridgehead atoms. The monoisotopic (exact) mass is 471 g/mol. The lowest BCUT2D eigenvalue weighted by molar-refractivity contribution is 0.385. The van der Waals surface area contributed by atoms with Crippen molar-refractivity contribution in [3.05, 3.63) is 60.0 Å². The van der Waals surface area contributed by atoms with Gasteiger partial charge in [0.2, 0.25) is 5.95 Å². The zero-order chi connectivity index (χ0) is 23.4. The molecule has 4 rings (SSSR count). The van der Waals surface area contributed by atoms with Crippen LogP contribution in [0, 0.1) is 12.7 Å². The molecule has 0 saturated carbocycles. The molecule has 0 unspecified atom stereocenters. The van der Waals surface area contributed by atoms with Crippen LogP contribution in [0.3, 0.4) is 0 Å². The number of sulfonamides is 1. The van der Waals surface area contributed by atoms with Crippen LogP contribution in [-0.4, -0.2) is 38.6 Å². The van der Waals surface area contributed by atoms with E-state index >= 15 is 0 Å². The molecular formula is C23H26FN5O3S. The predicted octanol–water partition coefficient (Wildman–Crippen LogP) is 4.47. The number of methoxy groups -OCH3 is 1. The van der Waals surface area contributed by atoms with Gasteiger partial charge in [-0.05, 0) is 68.7 Å². The molecule has 0 atom stereocenters. The fourth-order valence-corrected chi connectivity index (χ4v) is 4.74. The second kappa shape index (κ2) is 9.62. The van der Waals surface area contributed by atoms with Gasteiger partial charge in [0.15, 0.2) is 11.6 Å². The van der Waals surface area contributed by atoms with E-state index in [-0.39, 0.29) is 10.6 Å². The second-order valence-electron chi connectivity index (χ2n) is 7.84. The molecule has 2 N–H and O–H groups in total. The van der Waals surface area contributed by atoms with Crippen LogP contribution in [0.1, 0.15) is 25.0 Å². The fraction of sp³-hybridized carbons (Fsp3) is 0.304. The number of aromatic nitrogens is 2. The van der Waals surface area contributed by atoms with Gasteiger partial charge in [-0.25, -0.2) is 17.8 Å². The van der Waals surface area contributed by atoms with Crippen molar-refractivity contribution in [3.8, 4) is 5.75 Å². The SMILES string of the molecule is COc1ccc(S(=O)(=O)Nc2ccc(Nc3nc(C)cc(N4CCCCC4)n3)cc2)cc1F. The number of halogens is 1. The van der Waals surface area contributed by atoms with Crippen LogP contribution in [0.25, 0.3) is 0 Å². The van der Waals surface area contributed by atoms with Crippen LogP contribution >= 0.6 is 0 Å². The Hall–Kier alpha value is -3.40. The Balaban J connectivity index is 1.46. The summed E-state index contributed by atoms with van der Waals surface area (Å²) < 4.78 is 46.4. The van der Waals surface area contributed by atoms with Gasteiger partial charge in [0, 0.05) is 36.2 Å². The molecule has 33 heavy (non-hydrogen) atoms. The van der Waals surface area contributed by atoms with Crippen LogP contribution in [-0.2, 0) is 10.0 Å². The lowest BCUT2D eigenvalue weighted by Gasteiger charge is -2.28. The van der Waals surface area contributed by atoms with Gasteiger partial charge in [-0.2, -0.15) is 4.98 Å². The quantitative estimate of drug-likeness (QED) is 0.525. The van der Waals surface area contributed by atoms with Crippen molar-refractivity contribution in [3.63, 3.8) is 0 Å². The summed E-state index contributed by atoms with van der Waals surface area (Å²) in [5, 5.41) is 3.18. The Bertz CT molecular complexity index is 1230. The van der Waals surface area contributed by atoms with Gasteiger partial charge in [0.05, 0.1) is 12.0 Å². The predicted molar refractivity (Wildman–Crippen MR) is 126 cm³/mol. The van der Waals surface area contributed by atoms with Crippen molar-refractivity contribution in [2.45, 2.75) is 31.1 Å². The Morgan fingerprint density at radius 2 is 1.67 bits per heavy atom. The number of piperidine rings is 1. The van der Waals surface area contributed by atoms with Gasteiger partial charge in [-0.3, -0.25) is 4.72 Å². The van der Waals surface area contributed by atoms with Crippen LogP contribution in [0.5, 0.6) is 5.75 Å². The number of ether oxygens (including phenoxy) is 1. The Morgan fingerprint density at radius 1 is 0.970 bits per heavy atom. The molecule has 2 aromatic carbocycles. The minimum absolute atomic E-state index is 0.0220. The van der Waals surface area contributed by atoms with Gasteiger partial charge >= 0.3 is 0 Å². The number of hydrogen-bond donors (Lipinski definition) is 2. The summed E-state index contributed by atoms with van der Waals surface area (Å²) in [6, 6.07) is 12.1. The number of hydrogen-bond acceptors (Lipinski definition) is 7. The molecule has 10 heteroatoms. The molecule has 1 aromatic heterocycles. The van der Waals surface area contributed by atoms with Crippen molar-refractivity contribution < 1.29 is 17.5 Å². The van der Waals surface area contributed by atoms with Crippen molar-refractivity contribution in [1.29, 1.82) is 0 Å². The molecule has 174 valence electrons. The summed E-state index contributed by atoms with van der Waals surface area (Å²) in [6.07, 6.45) is 3.56. The summed E-state index contributed by atoms with van der Waals surface area (Å²) in [6.45, 7) is 3.91. The lowest BCUT2D eigenvalue weighted by atomic mass is 10.1. The molecule has 0 amide bonds. The average Bonchev–Trinajstić information content (AvgIpc) is 2.80. The Kier molecular flexibility index (Phi) is 6.64. The van der Waals surface area contributed by atoms with E-state index < -0.39 is 15.8 Å². The molecule has 1 aliphatic rings. The summed E-state index contributed by atoms with van der Waals surface area (Å²) in [4.78, 5) is 11.2. The smallest absolute Gasteiger partial charge is 0.262 e. The average molecular weight is 472 g/mol. The number of benzene rings is 2. The number of aryl methyl sites for hydroxylation is 1. The van der Waals surface area contributed by atoms with E-state index in [0.717, 1.165) is 43.5 Å².